The first-order valence-electron chi connectivity index (χ1n) is 8.56. The second kappa shape index (κ2) is 8.64. The Hall–Kier alpha value is -2.93. The molecule has 0 radical (unpaired) electrons. The molecular weight excluding hydrogens is 368 g/mol. The van der Waals surface area contributed by atoms with E-state index >= 15 is 0 Å². The van der Waals surface area contributed by atoms with Crippen LogP contribution in [0.1, 0.15) is 24.1 Å². The molecule has 0 aliphatic carbocycles. The van der Waals surface area contributed by atoms with Crippen molar-refractivity contribution in [3.8, 4) is 0 Å². The lowest BCUT2D eigenvalue weighted by Gasteiger charge is -2.14. The van der Waals surface area contributed by atoms with E-state index in [0.717, 1.165) is 10.6 Å². The Morgan fingerprint density at radius 1 is 1.19 bits per heavy atom. The van der Waals surface area contributed by atoms with Gasteiger partial charge in [-0.15, -0.1) is 0 Å². The molecular formula is C19H19ClN4O3. The number of urea groups is 1. The summed E-state index contributed by atoms with van der Waals surface area (Å²) in [4.78, 5) is 41.8. The van der Waals surface area contributed by atoms with E-state index in [1.54, 1.807) is 36.5 Å². The number of carbonyl (C=O) groups is 3. The molecule has 27 heavy (non-hydrogen) atoms. The number of pyridine rings is 1. The van der Waals surface area contributed by atoms with Gasteiger partial charge in [-0.3, -0.25) is 19.5 Å². The monoisotopic (exact) mass is 386 g/mol. The van der Waals surface area contributed by atoms with E-state index in [-0.39, 0.29) is 31.2 Å². The Kier molecular flexibility index (Phi) is 6.03. The van der Waals surface area contributed by atoms with Gasteiger partial charge in [0.25, 0.3) is 5.91 Å². The third-order valence-electron chi connectivity index (χ3n) is 4.25. The smallest absolute Gasteiger partial charge is 0.325 e. The number of imide groups is 1. The summed E-state index contributed by atoms with van der Waals surface area (Å²) in [6, 6.07) is 11.3. The number of rotatable bonds is 7. The van der Waals surface area contributed by atoms with E-state index in [9.17, 15) is 14.4 Å². The molecule has 1 saturated heterocycles. The number of amides is 4. The highest BCUT2D eigenvalue weighted by Gasteiger charge is 2.38. The van der Waals surface area contributed by atoms with Gasteiger partial charge in [-0.05, 0) is 30.2 Å². The largest absolute Gasteiger partial charge is 0.350 e. The molecule has 0 spiro atoms. The van der Waals surface area contributed by atoms with Crippen LogP contribution in [0.4, 0.5) is 4.79 Å². The van der Waals surface area contributed by atoms with Crippen molar-refractivity contribution in [2.75, 3.05) is 0 Å². The predicted octanol–water partition coefficient (Wildman–Crippen LogP) is 2.25. The Morgan fingerprint density at radius 2 is 1.96 bits per heavy atom. The van der Waals surface area contributed by atoms with Crippen molar-refractivity contribution >= 4 is 29.4 Å². The zero-order valence-corrected chi connectivity index (χ0v) is 15.3. The minimum Gasteiger partial charge on any atom is -0.350 e. The zero-order valence-electron chi connectivity index (χ0n) is 14.5. The highest BCUT2D eigenvalue weighted by Crippen LogP contribution is 2.20. The van der Waals surface area contributed by atoms with Crippen LogP contribution in [0.2, 0.25) is 5.02 Å². The van der Waals surface area contributed by atoms with Gasteiger partial charge >= 0.3 is 6.03 Å². The van der Waals surface area contributed by atoms with Crippen LogP contribution in [0, 0.1) is 0 Å². The van der Waals surface area contributed by atoms with Crippen molar-refractivity contribution in [1.82, 2.24) is 20.5 Å². The standard InChI is InChI=1S/C19H19ClN4O3/c20-15-7-2-1-5-13(15)12-24-18(26)16(23-19(24)27)8-9-17(25)22-11-14-6-3-4-10-21-14/h1-7,10,16H,8-9,11-12H2,(H,22,25)(H,23,27). The van der Waals surface area contributed by atoms with Crippen LogP contribution < -0.4 is 10.6 Å². The van der Waals surface area contributed by atoms with E-state index in [2.05, 4.69) is 15.6 Å². The van der Waals surface area contributed by atoms with E-state index < -0.39 is 12.1 Å². The van der Waals surface area contributed by atoms with Crippen LogP contribution in [-0.2, 0) is 22.7 Å². The number of nitrogens with zero attached hydrogens (tertiary/aromatic N) is 2. The van der Waals surface area contributed by atoms with Gasteiger partial charge in [0.2, 0.25) is 5.91 Å². The first-order valence-corrected chi connectivity index (χ1v) is 8.94. The zero-order chi connectivity index (χ0) is 19.2. The highest BCUT2D eigenvalue weighted by molar-refractivity contribution is 6.31. The fraction of sp³-hybridized carbons (Fsp3) is 0.263. The molecule has 7 nitrogen and oxygen atoms in total. The summed E-state index contributed by atoms with van der Waals surface area (Å²) in [5, 5.41) is 5.87. The van der Waals surface area contributed by atoms with Crippen LogP contribution in [0.25, 0.3) is 0 Å². The minimum atomic E-state index is -0.708. The fourth-order valence-electron chi connectivity index (χ4n) is 2.77. The Balaban J connectivity index is 1.49. The number of hydrogen-bond donors (Lipinski definition) is 2. The average molecular weight is 387 g/mol. The molecule has 2 N–H and O–H groups in total. The van der Waals surface area contributed by atoms with Crippen LogP contribution in [-0.4, -0.2) is 33.8 Å². The van der Waals surface area contributed by atoms with Crippen molar-refractivity contribution in [3.63, 3.8) is 0 Å². The summed E-state index contributed by atoms with van der Waals surface area (Å²) in [5.41, 5.74) is 1.44. The lowest BCUT2D eigenvalue weighted by Crippen LogP contribution is -2.32. The number of carbonyl (C=O) groups excluding carboxylic acids is 3. The molecule has 0 bridgehead atoms. The van der Waals surface area contributed by atoms with Crippen molar-refractivity contribution in [2.24, 2.45) is 0 Å². The summed E-state index contributed by atoms with van der Waals surface area (Å²) in [6.45, 7) is 0.427. The summed E-state index contributed by atoms with van der Waals surface area (Å²) in [7, 11) is 0. The molecule has 1 aromatic carbocycles. The number of aromatic nitrogens is 1. The fourth-order valence-corrected chi connectivity index (χ4v) is 2.97. The maximum absolute atomic E-state index is 12.5. The summed E-state index contributed by atoms with van der Waals surface area (Å²) in [5.74, 6) is -0.551. The van der Waals surface area contributed by atoms with E-state index in [0.29, 0.717) is 17.1 Å². The van der Waals surface area contributed by atoms with Crippen molar-refractivity contribution in [3.05, 3.63) is 64.9 Å². The van der Waals surface area contributed by atoms with Crippen LogP contribution in [0.3, 0.4) is 0 Å². The normalized spacial score (nSPS) is 16.3. The van der Waals surface area contributed by atoms with Gasteiger partial charge in [0.15, 0.2) is 0 Å². The SMILES string of the molecule is O=C(CCC1NC(=O)N(Cc2ccccc2Cl)C1=O)NCc1ccccn1. The molecule has 140 valence electrons. The summed E-state index contributed by atoms with van der Waals surface area (Å²) >= 11 is 6.09. The third kappa shape index (κ3) is 4.83. The van der Waals surface area contributed by atoms with Crippen molar-refractivity contribution in [2.45, 2.75) is 32.0 Å². The molecule has 1 unspecified atom stereocenters. The molecule has 0 saturated carbocycles. The maximum Gasteiger partial charge on any atom is 0.325 e. The van der Waals surface area contributed by atoms with Gasteiger partial charge in [-0.1, -0.05) is 35.9 Å². The second-order valence-corrected chi connectivity index (χ2v) is 6.56. The topological polar surface area (TPSA) is 91.4 Å². The van der Waals surface area contributed by atoms with E-state index in [4.69, 9.17) is 11.6 Å². The lowest BCUT2D eigenvalue weighted by molar-refractivity contribution is -0.128. The quantitative estimate of drug-likeness (QED) is 0.714. The van der Waals surface area contributed by atoms with Gasteiger partial charge in [-0.25, -0.2) is 4.79 Å². The Labute approximate surface area is 161 Å². The molecule has 1 aliphatic rings. The molecule has 1 aromatic heterocycles. The number of hydrogen-bond acceptors (Lipinski definition) is 4. The number of benzene rings is 1. The molecule has 1 fully saturated rings. The first-order chi connectivity index (χ1) is 13.0. The third-order valence-corrected chi connectivity index (χ3v) is 4.61. The van der Waals surface area contributed by atoms with Crippen LogP contribution >= 0.6 is 11.6 Å². The van der Waals surface area contributed by atoms with E-state index in [1.807, 2.05) is 12.1 Å². The Morgan fingerprint density at radius 3 is 2.70 bits per heavy atom. The number of halogens is 1. The highest BCUT2D eigenvalue weighted by atomic mass is 35.5. The summed E-state index contributed by atoms with van der Waals surface area (Å²) in [6.07, 6.45) is 2.02. The van der Waals surface area contributed by atoms with Gasteiger partial charge in [-0.2, -0.15) is 0 Å². The van der Waals surface area contributed by atoms with Crippen molar-refractivity contribution in [1.29, 1.82) is 0 Å². The van der Waals surface area contributed by atoms with Gasteiger partial charge < -0.3 is 10.6 Å². The van der Waals surface area contributed by atoms with Gasteiger partial charge in [0.05, 0.1) is 18.8 Å². The minimum absolute atomic E-state index is 0.104. The average Bonchev–Trinajstić information content (AvgIpc) is 2.94. The first kappa shape index (κ1) is 18.8. The second-order valence-electron chi connectivity index (χ2n) is 6.15. The summed E-state index contributed by atoms with van der Waals surface area (Å²) < 4.78 is 0. The molecule has 1 aliphatic heterocycles. The van der Waals surface area contributed by atoms with Gasteiger partial charge in [0.1, 0.15) is 6.04 Å². The predicted molar refractivity (Wildman–Crippen MR) is 99.6 cm³/mol. The maximum atomic E-state index is 12.5. The van der Waals surface area contributed by atoms with E-state index in [1.165, 1.54) is 0 Å². The molecule has 3 rings (SSSR count). The lowest BCUT2D eigenvalue weighted by atomic mass is 10.1. The molecule has 2 heterocycles. The van der Waals surface area contributed by atoms with Crippen molar-refractivity contribution < 1.29 is 14.4 Å². The number of nitrogens with one attached hydrogen (secondary N) is 2. The molecule has 2 aromatic rings. The van der Waals surface area contributed by atoms with Gasteiger partial charge in [0, 0.05) is 17.6 Å². The molecule has 8 heteroatoms. The molecule has 4 amide bonds. The Bertz CT molecular complexity index is 844. The van der Waals surface area contributed by atoms with Crippen LogP contribution in [0.5, 0.6) is 0 Å². The van der Waals surface area contributed by atoms with Crippen LogP contribution in [0.15, 0.2) is 48.7 Å². The molecule has 1 atom stereocenters.